The van der Waals surface area contributed by atoms with E-state index in [2.05, 4.69) is 23.7 Å². The summed E-state index contributed by atoms with van der Waals surface area (Å²) in [6, 6.07) is 0.634. The fourth-order valence-electron chi connectivity index (χ4n) is 2.41. The van der Waals surface area contributed by atoms with Crippen LogP contribution in [0.5, 0.6) is 0 Å². The minimum Gasteiger partial charge on any atom is -0.446 e. The predicted molar refractivity (Wildman–Crippen MR) is 65.8 cm³/mol. The summed E-state index contributed by atoms with van der Waals surface area (Å²) in [4.78, 5) is 6.77. The minimum absolute atomic E-state index is 0.124. The average Bonchev–Trinajstić information content (AvgIpc) is 2.89. The molecule has 1 aromatic heterocycles. The van der Waals surface area contributed by atoms with Crippen molar-refractivity contribution in [1.82, 2.24) is 9.88 Å². The Kier molecular flexibility index (Phi) is 4.18. The highest BCUT2D eigenvalue weighted by molar-refractivity contribution is 4.96. The molecule has 17 heavy (non-hydrogen) atoms. The second-order valence-electron chi connectivity index (χ2n) is 5.14. The Morgan fingerprint density at radius 3 is 3.06 bits per heavy atom. The van der Waals surface area contributed by atoms with Crippen LogP contribution < -0.4 is 0 Å². The zero-order chi connectivity index (χ0) is 12.3. The van der Waals surface area contributed by atoms with Crippen LogP contribution in [-0.4, -0.2) is 40.7 Å². The Bertz CT molecular complexity index is 349. The molecule has 0 saturated carbocycles. The molecule has 0 spiro atoms. The van der Waals surface area contributed by atoms with E-state index in [-0.39, 0.29) is 6.61 Å². The van der Waals surface area contributed by atoms with E-state index in [4.69, 9.17) is 9.52 Å². The average molecular weight is 238 g/mol. The van der Waals surface area contributed by atoms with E-state index in [0.29, 0.717) is 18.4 Å². The number of hydrogen-bond donors (Lipinski definition) is 1. The van der Waals surface area contributed by atoms with Crippen molar-refractivity contribution in [3.05, 3.63) is 17.8 Å². The lowest BCUT2D eigenvalue weighted by Gasteiger charge is -2.19. The van der Waals surface area contributed by atoms with E-state index >= 15 is 0 Å². The van der Waals surface area contributed by atoms with Crippen LogP contribution in [0.2, 0.25) is 0 Å². The fraction of sp³-hybridized carbons (Fsp3) is 0.769. The van der Waals surface area contributed by atoms with Gasteiger partial charge in [-0.15, -0.1) is 0 Å². The zero-order valence-electron chi connectivity index (χ0n) is 10.7. The Morgan fingerprint density at radius 2 is 2.41 bits per heavy atom. The maximum absolute atomic E-state index is 8.81. The van der Waals surface area contributed by atoms with Crippen LogP contribution >= 0.6 is 0 Å². The molecule has 1 unspecified atom stereocenters. The highest BCUT2D eigenvalue weighted by Gasteiger charge is 2.25. The van der Waals surface area contributed by atoms with Gasteiger partial charge in [-0.2, -0.15) is 0 Å². The third kappa shape index (κ3) is 3.30. The number of hydrogen-bond acceptors (Lipinski definition) is 4. The van der Waals surface area contributed by atoms with Crippen LogP contribution in [0.4, 0.5) is 0 Å². The molecular weight excluding hydrogens is 216 g/mol. The highest BCUT2D eigenvalue weighted by Crippen LogP contribution is 2.22. The van der Waals surface area contributed by atoms with E-state index in [1.807, 2.05) is 0 Å². The molecule has 1 saturated heterocycles. The van der Waals surface area contributed by atoms with Gasteiger partial charge in [0, 0.05) is 25.4 Å². The van der Waals surface area contributed by atoms with Gasteiger partial charge in [0.15, 0.2) is 5.89 Å². The van der Waals surface area contributed by atoms with Crippen molar-refractivity contribution < 1.29 is 9.52 Å². The summed E-state index contributed by atoms with van der Waals surface area (Å²) in [6.07, 6.45) is 4.46. The van der Waals surface area contributed by atoms with Gasteiger partial charge in [-0.3, -0.25) is 0 Å². The third-order valence-electron chi connectivity index (χ3n) is 3.47. The van der Waals surface area contributed by atoms with Gasteiger partial charge in [0.2, 0.25) is 0 Å². The Balaban J connectivity index is 1.84. The monoisotopic (exact) mass is 238 g/mol. The maximum Gasteiger partial charge on any atom is 0.194 e. The largest absolute Gasteiger partial charge is 0.446 e. The van der Waals surface area contributed by atoms with Crippen molar-refractivity contribution in [3.63, 3.8) is 0 Å². The first-order chi connectivity index (χ1) is 8.19. The normalized spacial score (nSPS) is 21.5. The number of aromatic nitrogens is 1. The molecule has 1 fully saturated rings. The molecule has 96 valence electrons. The van der Waals surface area contributed by atoms with Gasteiger partial charge in [-0.25, -0.2) is 4.98 Å². The Hall–Kier alpha value is -0.870. The molecule has 1 aliphatic rings. The number of rotatable bonds is 5. The number of aliphatic hydroxyl groups excluding tert-OH is 1. The SMILES string of the molecule is CC(C)N1CCC(Cc2ncc(CCO)o2)C1. The fourth-order valence-corrected chi connectivity index (χ4v) is 2.41. The topological polar surface area (TPSA) is 49.5 Å². The molecule has 0 amide bonds. The van der Waals surface area contributed by atoms with Crippen LogP contribution in [0.25, 0.3) is 0 Å². The molecule has 2 rings (SSSR count). The predicted octanol–water partition coefficient (Wildman–Crippen LogP) is 1.48. The Labute approximate surface area is 103 Å². The summed E-state index contributed by atoms with van der Waals surface area (Å²) in [5.74, 6) is 2.28. The second kappa shape index (κ2) is 5.65. The van der Waals surface area contributed by atoms with Gasteiger partial charge in [0.25, 0.3) is 0 Å². The number of oxazole rings is 1. The number of nitrogens with zero attached hydrogens (tertiary/aromatic N) is 2. The first-order valence-corrected chi connectivity index (χ1v) is 6.47. The molecule has 2 heterocycles. The molecule has 4 nitrogen and oxygen atoms in total. The summed E-state index contributed by atoms with van der Waals surface area (Å²) in [7, 11) is 0. The third-order valence-corrected chi connectivity index (χ3v) is 3.47. The summed E-state index contributed by atoms with van der Waals surface area (Å²) < 4.78 is 5.59. The van der Waals surface area contributed by atoms with Crippen molar-refractivity contribution in [2.24, 2.45) is 5.92 Å². The molecule has 1 N–H and O–H groups in total. The van der Waals surface area contributed by atoms with Crippen LogP contribution in [-0.2, 0) is 12.8 Å². The lowest BCUT2D eigenvalue weighted by molar-refractivity contribution is 0.261. The molecule has 0 bridgehead atoms. The van der Waals surface area contributed by atoms with Gasteiger partial charge < -0.3 is 14.4 Å². The molecule has 0 aliphatic carbocycles. The summed E-state index contributed by atoms with van der Waals surface area (Å²) >= 11 is 0. The van der Waals surface area contributed by atoms with Crippen molar-refractivity contribution in [1.29, 1.82) is 0 Å². The van der Waals surface area contributed by atoms with Gasteiger partial charge in [0.05, 0.1) is 12.8 Å². The number of aliphatic hydroxyl groups is 1. The van der Waals surface area contributed by atoms with E-state index in [1.165, 1.54) is 13.0 Å². The maximum atomic E-state index is 8.81. The van der Waals surface area contributed by atoms with Crippen molar-refractivity contribution in [2.75, 3.05) is 19.7 Å². The van der Waals surface area contributed by atoms with E-state index in [9.17, 15) is 0 Å². The van der Waals surface area contributed by atoms with Crippen LogP contribution in [0.3, 0.4) is 0 Å². The standard InChI is InChI=1S/C13H22N2O2/c1-10(2)15-5-3-11(9-15)7-13-14-8-12(17-13)4-6-16/h8,10-11,16H,3-7,9H2,1-2H3. The molecular formula is C13H22N2O2. The highest BCUT2D eigenvalue weighted by atomic mass is 16.4. The molecule has 1 aromatic rings. The zero-order valence-corrected chi connectivity index (χ0v) is 10.7. The van der Waals surface area contributed by atoms with Gasteiger partial charge in [0.1, 0.15) is 5.76 Å². The first kappa shape index (κ1) is 12.6. The van der Waals surface area contributed by atoms with E-state index < -0.39 is 0 Å². The minimum atomic E-state index is 0.124. The Morgan fingerprint density at radius 1 is 1.59 bits per heavy atom. The summed E-state index contributed by atoms with van der Waals surface area (Å²) in [6.45, 7) is 6.95. The lowest BCUT2D eigenvalue weighted by Crippen LogP contribution is -2.28. The lowest BCUT2D eigenvalue weighted by atomic mass is 10.1. The smallest absolute Gasteiger partial charge is 0.194 e. The molecule has 1 aliphatic heterocycles. The van der Waals surface area contributed by atoms with Gasteiger partial charge in [-0.1, -0.05) is 0 Å². The van der Waals surface area contributed by atoms with E-state index in [1.54, 1.807) is 6.20 Å². The van der Waals surface area contributed by atoms with Crippen molar-refractivity contribution >= 4 is 0 Å². The molecule has 4 heteroatoms. The molecule has 0 radical (unpaired) electrons. The van der Waals surface area contributed by atoms with E-state index in [0.717, 1.165) is 24.6 Å². The first-order valence-electron chi connectivity index (χ1n) is 6.47. The quantitative estimate of drug-likeness (QED) is 0.844. The molecule has 0 aromatic carbocycles. The van der Waals surface area contributed by atoms with Crippen LogP contribution in [0.1, 0.15) is 31.9 Å². The van der Waals surface area contributed by atoms with Gasteiger partial charge in [-0.05, 0) is 32.7 Å². The van der Waals surface area contributed by atoms with Crippen molar-refractivity contribution in [2.45, 2.75) is 39.2 Å². The molecule has 1 atom stereocenters. The van der Waals surface area contributed by atoms with Crippen LogP contribution in [0, 0.1) is 5.92 Å². The van der Waals surface area contributed by atoms with Crippen molar-refractivity contribution in [3.8, 4) is 0 Å². The van der Waals surface area contributed by atoms with Gasteiger partial charge >= 0.3 is 0 Å². The summed E-state index contributed by atoms with van der Waals surface area (Å²) in [5, 5.41) is 8.81. The number of likely N-dealkylation sites (tertiary alicyclic amines) is 1. The second-order valence-corrected chi connectivity index (χ2v) is 5.14. The van der Waals surface area contributed by atoms with Crippen LogP contribution in [0.15, 0.2) is 10.6 Å². The summed E-state index contributed by atoms with van der Waals surface area (Å²) in [5.41, 5.74) is 0.